The molecule has 5 rings (SSSR count). The summed E-state index contributed by atoms with van der Waals surface area (Å²) < 4.78 is 2.22. The Morgan fingerprint density at radius 2 is 1.18 bits per heavy atom. The summed E-state index contributed by atoms with van der Waals surface area (Å²) in [5, 5.41) is 21.4. The van der Waals surface area contributed by atoms with Crippen LogP contribution in [-0.2, 0) is 0 Å². The van der Waals surface area contributed by atoms with Crippen LogP contribution in [0.15, 0.2) is 97.1 Å². The summed E-state index contributed by atoms with van der Waals surface area (Å²) >= 11 is 0. The van der Waals surface area contributed by atoms with E-state index >= 15 is 0 Å². The summed E-state index contributed by atoms with van der Waals surface area (Å²) in [6, 6.07) is 32.5. The maximum absolute atomic E-state index is 9.66. The van der Waals surface area contributed by atoms with Crippen molar-refractivity contribution in [1.82, 2.24) is 4.57 Å². The van der Waals surface area contributed by atoms with Crippen molar-refractivity contribution < 1.29 is 10.0 Å². The van der Waals surface area contributed by atoms with Crippen LogP contribution in [0.3, 0.4) is 0 Å². The molecule has 0 saturated heterocycles. The van der Waals surface area contributed by atoms with Crippen molar-refractivity contribution in [2.24, 2.45) is 0 Å². The zero-order valence-electron chi connectivity index (χ0n) is 15.2. The summed E-state index contributed by atoms with van der Waals surface area (Å²) in [6.45, 7) is 0. The van der Waals surface area contributed by atoms with Crippen molar-refractivity contribution in [2.75, 3.05) is 0 Å². The van der Waals surface area contributed by atoms with E-state index in [0.29, 0.717) is 5.46 Å². The van der Waals surface area contributed by atoms with Gasteiger partial charge in [0.2, 0.25) is 0 Å². The lowest BCUT2D eigenvalue weighted by atomic mass is 9.80. The van der Waals surface area contributed by atoms with E-state index in [4.69, 9.17) is 0 Å². The van der Waals surface area contributed by atoms with Crippen LogP contribution in [0.5, 0.6) is 0 Å². The van der Waals surface area contributed by atoms with Gasteiger partial charge in [0.05, 0.1) is 11.0 Å². The largest absolute Gasteiger partial charge is 0.488 e. The Morgan fingerprint density at radius 3 is 1.86 bits per heavy atom. The topological polar surface area (TPSA) is 45.4 Å². The Kier molecular flexibility index (Phi) is 4.01. The molecule has 1 heterocycles. The molecule has 2 N–H and O–H groups in total. The second-order valence-corrected chi connectivity index (χ2v) is 6.92. The molecule has 1 aromatic heterocycles. The molecular formula is C24H18BNO2. The van der Waals surface area contributed by atoms with Crippen LogP contribution >= 0.6 is 0 Å². The van der Waals surface area contributed by atoms with Gasteiger partial charge in [-0.15, -0.1) is 0 Å². The Hall–Kier alpha value is -3.34. The van der Waals surface area contributed by atoms with Gasteiger partial charge in [0, 0.05) is 16.5 Å². The number of hydrogen-bond acceptors (Lipinski definition) is 2. The number of hydrogen-bond donors (Lipinski definition) is 2. The predicted molar refractivity (Wildman–Crippen MR) is 116 cm³/mol. The van der Waals surface area contributed by atoms with E-state index in [2.05, 4.69) is 47.0 Å². The van der Waals surface area contributed by atoms with Crippen molar-refractivity contribution in [1.29, 1.82) is 0 Å². The molecule has 0 saturated carbocycles. The molecule has 28 heavy (non-hydrogen) atoms. The first-order valence-electron chi connectivity index (χ1n) is 9.27. The first kappa shape index (κ1) is 16.8. The van der Waals surface area contributed by atoms with Crippen molar-refractivity contribution in [3.05, 3.63) is 97.1 Å². The first-order chi connectivity index (χ1) is 13.7. The summed E-state index contributed by atoms with van der Waals surface area (Å²) in [6.07, 6.45) is 0. The van der Waals surface area contributed by atoms with Gasteiger partial charge in [-0.2, -0.15) is 0 Å². The van der Waals surface area contributed by atoms with Gasteiger partial charge in [-0.1, -0.05) is 66.7 Å². The quantitative estimate of drug-likeness (QED) is 0.474. The van der Waals surface area contributed by atoms with Gasteiger partial charge in [0.15, 0.2) is 0 Å². The molecule has 134 valence electrons. The molecule has 5 aromatic rings. The molecule has 0 fully saturated rings. The Labute approximate surface area is 163 Å². The predicted octanol–water partition coefficient (Wildman–Crippen LogP) is 4.13. The minimum atomic E-state index is -1.49. The van der Waals surface area contributed by atoms with Crippen LogP contribution in [0, 0.1) is 0 Å². The normalized spacial score (nSPS) is 11.2. The van der Waals surface area contributed by atoms with Gasteiger partial charge in [-0.3, -0.25) is 0 Å². The van der Waals surface area contributed by atoms with Gasteiger partial charge in [-0.05, 0) is 46.9 Å². The Balaban J connectivity index is 1.86. The lowest BCUT2D eigenvalue weighted by molar-refractivity contribution is 0.426. The second kappa shape index (κ2) is 6.68. The standard InChI is InChI=1S/C24H18BNO2/c27-25(28)19-12-14-24-22(16-19)21-15-18(17-7-3-1-4-8-17)11-13-23(21)26(24)20-9-5-2-6-10-20/h1-16,27-28H. The summed E-state index contributed by atoms with van der Waals surface area (Å²) in [5.41, 5.74) is 5.98. The van der Waals surface area contributed by atoms with E-state index < -0.39 is 7.12 Å². The fraction of sp³-hybridized carbons (Fsp3) is 0. The van der Waals surface area contributed by atoms with E-state index in [9.17, 15) is 10.0 Å². The molecule has 4 aromatic carbocycles. The zero-order valence-corrected chi connectivity index (χ0v) is 15.2. The molecule has 0 unspecified atom stereocenters. The van der Waals surface area contributed by atoms with E-state index in [1.165, 1.54) is 0 Å². The number of benzene rings is 4. The average molecular weight is 363 g/mol. The van der Waals surface area contributed by atoms with Crippen molar-refractivity contribution in [2.45, 2.75) is 0 Å². The van der Waals surface area contributed by atoms with Gasteiger partial charge >= 0.3 is 7.12 Å². The second-order valence-electron chi connectivity index (χ2n) is 6.92. The van der Waals surface area contributed by atoms with E-state index in [0.717, 1.165) is 38.6 Å². The SMILES string of the molecule is OB(O)c1ccc2c(c1)c1cc(-c3ccccc3)ccc1n2-c1ccccc1. The van der Waals surface area contributed by atoms with Crippen LogP contribution < -0.4 is 5.46 Å². The smallest absolute Gasteiger partial charge is 0.423 e. The van der Waals surface area contributed by atoms with Gasteiger partial charge in [0.1, 0.15) is 0 Å². The van der Waals surface area contributed by atoms with Crippen molar-refractivity contribution >= 4 is 34.4 Å². The maximum atomic E-state index is 9.66. The molecule has 0 radical (unpaired) electrons. The molecule has 0 aliphatic rings. The number of nitrogens with zero attached hydrogens (tertiary/aromatic N) is 1. The number of fused-ring (bicyclic) bond motifs is 3. The van der Waals surface area contributed by atoms with E-state index in [1.54, 1.807) is 6.07 Å². The Bertz CT molecular complexity index is 1280. The van der Waals surface area contributed by atoms with Crippen LogP contribution in [-0.4, -0.2) is 21.7 Å². The number of aromatic nitrogens is 1. The highest BCUT2D eigenvalue weighted by molar-refractivity contribution is 6.59. The third-order valence-corrected chi connectivity index (χ3v) is 5.21. The molecule has 0 amide bonds. The van der Waals surface area contributed by atoms with Crippen LogP contribution in [0.2, 0.25) is 0 Å². The first-order valence-corrected chi connectivity index (χ1v) is 9.27. The highest BCUT2D eigenvalue weighted by atomic mass is 16.4. The summed E-state index contributed by atoms with van der Waals surface area (Å²) in [7, 11) is -1.49. The van der Waals surface area contributed by atoms with Crippen LogP contribution in [0.25, 0.3) is 38.6 Å². The molecule has 4 heteroatoms. The van der Waals surface area contributed by atoms with E-state index in [1.807, 2.05) is 48.5 Å². The number of para-hydroxylation sites is 1. The van der Waals surface area contributed by atoms with Crippen molar-refractivity contribution in [3.63, 3.8) is 0 Å². The molecule has 0 aliphatic heterocycles. The maximum Gasteiger partial charge on any atom is 0.488 e. The minimum Gasteiger partial charge on any atom is -0.423 e. The zero-order chi connectivity index (χ0) is 19.1. The lowest BCUT2D eigenvalue weighted by Gasteiger charge is -2.08. The summed E-state index contributed by atoms with van der Waals surface area (Å²) in [5.74, 6) is 0. The monoisotopic (exact) mass is 363 g/mol. The molecule has 0 aliphatic carbocycles. The van der Waals surface area contributed by atoms with Gasteiger partial charge < -0.3 is 14.6 Å². The minimum absolute atomic E-state index is 0.490. The van der Waals surface area contributed by atoms with E-state index in [-0.39, 0.29) is 0 Å². The van der Waals surface area contributed by atoms with Crippen molar-refractivity contribution in [3.8, 4) is 16.8 Å². The molecule has 3 nitrogen and oxygen atoms in total. The summed E-state index contributed by atoms with van der Waals surface area (Å²) in [4.78, 5) is 0. The third-order valence-electron chi connectivity index (χ3n) is 5.21. The Morgan fingerprint density at radius 1 is 0.571 bits per heavy atom. The number of rotatable bonds is 3. The molecule has 0 spiro atoms. The lowest BCUT2D eigenvalue weighted by Crippen LogP contribution is -2.29. The highest BCUT2D eigenvalue weighted by Crippen LogP contribution is 2.34. The fourth-order valence-electron chi connectivity index (χ4n) is 3.87. The molecule has 0 atom stereocenters. The molecular weight excluding hydrogens is 345 g/mol. The van der Waals surface area contributed by atoms with Gasteiger partial charge in [0.25, 0.3) is 0 Å². The highest BCUT2D eigenvalue weighted by Gasteiger charge is 2.17. The van der Waals surface area contributed by atoms with Crippen LogP contribution in [0.4, 0.5) is 0 Å². The molecule has 0 bridgehead atoms. The van der Waals surface area contributed by atoms with Gasteiger partial charge in [-0.25, -0.2) is 0 Å². The average Bonchev–Trinajstić information content (AvgIpc) is 3.08. The third kappa shape index (κ3) is 2.71. The van der Waals surface area contributed by atoms with Crippen LogP contribution in [0.1, 0.15) is 0 Å². The fourth-order valence-corrected chi connectivity index (χ4v) is 3.87.